The molecule has 1 aromatic rings. The van der Waals surface area contributed by atoms with E-state index in [9.17, 15) is 0 Å². The summed E-state index contributed by atoms with van der Waals surface area (Å²) in [6, 6.07) is 8.14. The molecule has 0 amide bonds. The van der Waals surface area contributed by atoms with Gasteiger partial charge in [-0.3, -0.25) is 0 Å². The van der Waals surface area contributed by atoms with Crippen molar-refractivity contribution in [1.82, 2.24) is 0 Å². The van der Waals surface area contributed by atoms with Gasteiger partial charge in [-0.2, -0.15) is 0 Å². The van der Waals surface area contributed by atoms with Crippen LogP contribution < -0.4 is 10.5 Å². The van der Waals surface area contributed by atoms with Crippen molar-refractivity contribution >= 4 is 0 Å². The largest absolute Gasteiger partial charge is 0.490 e. The predicted octanol–water partition coefficient (Wildman–Crippen LogP) is 3.03. The molecule has 2 rings (SSSR count). The SMILES string of the molecule is CC(N)c1ccccc1OC1CCCC1. The van der Waals surface area contributed by atoms with Crippen LogP contribution in [0.4, 0.5) is 0 Å². The summed E-state index contributed by atoms with van der Waals surface area (Å²) in [5, 5.41) is 0. The molecule has 1 aromatic carbocycles. The standard InChI is InChI=1S/C13H19NO/c1-10(14)12-8-4-5-9-13(12)15-11-6-2-3-7-11/h4-5,8-11H,2-3,6-7,14H2,1H3. The molecular formula is C13H19NO. The summed E-state index contributed by atoms with van der Waals surface area (Å²) in [5.41, 5.74) is 7.02. The highest BCUT2D eigenvalue weighted by Crippen LogP contribution is 2.28. The Kier molecular flexibility index (Phi) is 3.27. The Morgan fingerprint density at radius 2 is 1.93 bits per heavy atom. The zero-order chi connectivity index (χ0) is 10.7. The molecule has 0 aliphatic heterocycles. The molecule has 1 aliphatic carbocycles. The van der Waals surface area contributed by atoms with Crippen molar-refractivity contribution in [3.63, 3.8) is 0 Å². The molecule has 2 N–H and O–H groups in total. The van der Waals surface area contributed by atoms with E-state index in [1.165, 1.54) is 25.7 Å². The first-order chi connectivity index (χ1) is 7.27. The van der Waals surface area contributed by atoms with E-state index in [-0.39, 0.29) is 6.04 Å². The van der Waals surface area contributed by atoms with Crippen LogP contribution in [-0.2, 0) is 0 Å². The van der Waals surface area contributed by atoms with Gasteiger partial charge in [-0.25, -0.2) is 0 Å². The highest BCUT2D eigenvalue weighted by molar-refractivity contribution is 5.35. The Bertz CT molecular complexity index is 316. The molecule has 1 atom stereocenters. The average Bonchev–Trinajstić information content (AvgIpc) is 2.71. The molecule has 0 aromatic heterocycles. The van der Waals surface area contributed by atoms with Gasteiger partial charge in [0, 0.05) is 11.6 Å². The number of rotatable bonds is 3. The van der Waals surface area contributed by atoms with E-state index < -0.39 is 0 Å². The molecule has 82 valence electrons. The number of para-hydroxylation sites is 1. The van der Waals surface area contributed by atoms with Gasteiger partial charge in [0.05, 0.1) is 6.10 Å². The van der Waals surface area contributed by atoms with Crippen molar-refractivity contribution in [2.45, 2.75) is 44.8 Å². The van der Waals surface area contributed by atoms with Gasteiger partial charge in [0.15, 0.2) is 0 Å². The number of nitrogens with two attached hydrogens (primary N) is 1. The molecule has 0 heterocycles. The highest BCUT2D eigenvalue weighted by atomic mass is 16.5. The Morgan fingerprint density at radius 1 is 1.27 bits per heavy atom. The molecular weight excluding hydrogens is 186 g/mol. The fourth-order valence-corrected chi connectivity index (χ4v) is 2.15. The Balaban J connectivity index is 2.12. The number of ether oxygens (including phenoxy) is 1. The maximum atomic E-state index is 5.99. The first-order valence-electron chi connectivity index (χ1n) is 5.78. The second kappa shape index (κ2) is 4.67. The smallest absolute Gasteiger partial charge is 0.124 e. The summed E-state index contributed by atoms with van der Waals surface area (Å²) in [4.78, 5) is 0. The van der Waals surface area contributed by atoms with E-state index in [0.717, 1.165) is 11.3 Å². The van der Waals surface area contributed by atoms with E-state index in [1.54, 1.807) is 0 Å². The summed E-state index contributed by atoms with van der Waals surface area (Å²) in [7, 11) is 0. The minimum atomic E-state index is 0.0441. The minimum absolute atomic E-state index is 0.0441. The van der Waals surface area contributed by atoms with Gasteiger partial charge in [0.2, 0.25) is 0 Å². The average molecular weight is 205 g/mol. The van der Waals surface area contributed by atoms with Gasteiger partial charge in [-0.15, -0.1) is 0 Å². The number of hydrogen-bond acceptors (Lipinski definition) is 2. The topological polar surface area (TPSA) is 35.2 Å². The second-order valence-electron chi connectivity index (χ2n) is 4.35. The van der Waals surface area contributed by atoms with Crippen molar-refractivity contribution < 1.29 is 4.74 Å². The molecule has 0 bridgehead atoms. The maximum absolute atomic E-state index is 5.99. The van der Waals surface area contributed by atoms with Crippen LogP contribution in [0.15, 0.2) is 24.3 Å². The molecule has 1 fully saturated rings. The molecule has 1 saturated carbocycles. The lowest BCUT2D eigenvalue weighted by molar-refractivity contribution is 0.207. The van der Waals surface area contributed by atoms with E-state index in [0.29, 0.717) is 6.10 Å². The Morgan fingerprint density at radius 3 is 2.60 bits per heavy atom. The van der Waals surface area contributed by atoms with Crippen LogP contribution in [0, 0.1) is 0 Å². The van der Waals surface area contributed by atoms with Crippen LogP contribution in [-0.4, -0.2) is 6.10 Å². The zero-order valence-corrected chi connectivity index (χ0v) is 9.28. The van der Waals surface area contributed by atoms with E-state index in [2.05, 4.69) is 6.07 Å². The highest BCUT2D eigenvalue weighted by Gasteiger charge is 2.18. The molecule has 15 heavy (non-hydrogen) atoms. The Hall–Kier alpha value is -1.02. The fourth-order valence-electron chi connectivity index (χ4n) is 2.15. The molecule has 0 saturated heterocycles. The first-order valence-corrected chi connectivity index (χ1v) is 5.78. The first kappa shape index (κ1) is 10.5. The lowest BCUT2D eigenvalue weighted by atomic mass is 10.1. The molecule has 2 heteroatoms. The van der Waals surface area contributed by atoms with E-state index in [1.807, 2.05) is 25.1 Å². The summed E-state index contributed by atoms with van der Waals surface area (Å²) in [6.07, 6.45) is 5.38. The van der Waals surface area contributed by atoms with E-state index >= 15 is 0 Å². The molecule has 1 unspecified atom stereocenters. The lowest BCUT2D eigenvalue weighted by Crippen LogP contribution is -2.14. The third kappa shape index (κ3) is 2.51. The van der Waals surface area contributed by atoms with Gasteiger partial charge in [0.25, 0.3) is 0 Å². The zero-order valence-electron chi connectivity index (χ0n) is 9.28. The summed E-state index contributed by atoms with van der Waals surface area (Å²) < 4.78 is 5.99. The van der Waals surface area contributed by atoms with Crippen LogP contribution in [0.2, 0.25) is 0 Å². The van der Waals surface area contributed by atoms with Gasteiger partial charge in [0.1, 0.15) is 5.75 Å². The monoisotopic (exact) mass is 205 g/mol. The molecule has 0 spiro atoms. The quantitative estimate of drug-likeness (QED) is 0.823. The summed E-state index contributed by atoms with van der Waals surface area (Å²) >= 11 is 0. The number of hydrogen-bond donors (Lipinski definition) is 1. The second-order valence-corrected chi connectivity index (χ2v) is 4.35. The van der Waals surface area contributed by atoms with Gasteiger partial charge >= 0.3 is 0 Å². The van der Waals surface area contributed by atoms with Crippen LogP contribution in [0.25, 0.3) is 0 Å². The molecule has 2 nitrogen and oxygen atoms in total. The maximum Gasteiger partial charge on any atom is 0.124 e. The van der Waals surface area contributed by atoms with Crippen molar-refractivity contribution in [1.29, 1.82) is 0 Å². The normalized spacial score (nSPS) is 19.1. The van der Waals surface area contributed by atoms with Crippen LogP contribution >= 0.6 is 0 Å². The van der Waals surface area contributed by atoms with Crippen LogP contribution in [0.3, 0.4) is 0 Å². The van der Waals surface area contributed by atoms with Crippen molar-refractivity contribution in [3.05, 3.63) is 29.8 Å². The predicted molar refractivity (Wildman–Crippen MR) is 61.9 cm³/mol. The van der Waals surface area contributed by atoms with Crippen LogP contribution in [0.5, 0.6) is 5.75 Å². The summed E-state index contributed by atoms with van der Waals surface area (Å²) in [5.74, 6) is 0.972. The third-order valence-corrected chi connectivity index (χ3v) is 3.01. The van der Waals surface area contributed by atoms with Crippen molar-refractivity contribution in [2.24, 2.45) is 5.73 Å². The minimum Gasteiger partial charge on any atom is -0.490 e. The van der Waals surface area contributed by atoms with Crippen molar-refractivity contribution in [3.8, 4) is 5.75 Å². The van der Waals surface area contributed by atoms with Crippen LogP contribution in [0.1, 0.15) is 44.2 Å². The van der Waals surface area contributed by atoms with Gasteiger partial charge in [-0.05, 0) is 38.7 Å². The third-order valence-electron chi connectivity index (χ3n) is 3.01. The lowest BCUT2D eigenvalue weighted by Gasteiger charge is -2.17. The van der Waals surface area contributed by atoms with E-state index in [4.69, 9.17) is 10.5 Å². The van der Waals surface area contributed by atoms with Crippen molar-refractivity contribution in [2.75, 3.05) is 0 Å². The number of benzene rings is 1. The molecule has 0 radical (unpaired) electrons. The molecule has 1 aliphatic rings. The van der Waals surface area contributed by atoms with Gasteiger partial charge < -0.3 is 10.5 Å². The summed E-state index contributed by atoms with van der Waals surface area (Å²) in [6.45, 7) is 2.00. The fraction of sp³-hybridized carbons (Fsp3) is 0.538. The Labute approximate surface area is 91.4 Å². The van der Waals surface area contributed by atoms with Gasteiger partial charge in [-0.1, -0.05) is 18.2 Å².